The number of anilines is 1. The first-order chi connectivity index (χ1) is 12.6. The van der Waals surface area contributed by atoms with E-state index in [0.29, 0.717) is 18.7 Å². The molecule has 3 rings (SSSR count). The fraction of sp³-hybridized carbons (Fsp3) is 0.333. The van der Waals surface area contributed by atoms with E-state index in [9.17, 15) is 9.59 Å². The van der Waals surface area contributed by atoms with Crippen LogP contribution in [0.4, 0.5) is 5.69 Å². The van der Waals surface area contributed by atoms with Gasteiger partial charge >= 0.3 is 0 Å². The summed E-state index contributed by atoms with van der Waals surface area (Å²) >= 11 is 0. The lowest BCUT2D eigenvalue weighted by Gasteiger charge is -2.17. The van der Waals surface area contributed by atoms with Crippen LogP contribution in [-0.4, -0.2) is 31.5 Å². The lowest BCUT2D eigenvalue weighted by molar-refractivity contribution is -0.123. The van der Waals surface area contributed by atoms with Crippen molar-refractivity contribution in [2.45, 2.75) is 25.7 Å². The molecular formula is C21H24N2O3. The molecule has 1 aliphatic heterocycles. The summed E-state index contributed by atoms with van der Waals surface area (Å²) < 4.78 is 5.59. The molecule has 0 aliphatic carbocycles. The van der Waals surface area contributed by atoms with Crippen LogP contribution in [0, 0.1) is 0 Å². The summed E-state index contributed by atoms with van der Waals surface area (Å²) in [5.74, 6) is 0.809. The van der Waals surface area contributed by atoms with Crippen LogP contribution in [0.1, 0.15) is 31.2 Å². The normalized spacial score (nSPS) is 15.0. The molecule has 1 heterocycles. The Balaban J connectivity index is 1.48. The maximum atomic E-state index is 12.0. The molecule has 5 heteroatoms. The number of benzene rings is 2. The highest BCUT2D eigenvalue weighted by Crippen LogP contribution is 2.25. The van der Waals surface area contributed by atoms with Crippen molar-refractivity contribution in [1.29, 1.82) is 0 Å². The highest BCUT2D eigenvalue weighted by molar-refractivity contribution is 5.95. The van der Waals surface area contributed by atoms with Crippen LogP contribution < -0.4 is 15.0 Å². The van der Waals surface area contributed by atoms with E-state index in [-0.39, 0.29) is 24.3 Å². The number of amides is 2. The van der Waals surface area contributed by atoms with E-state index in [1.807, 2.05) is 36.4 Å². The molecule has 2 aromatic carbocycles. The SMILES string of the molecule is CC(CNC(=O)COc1cccc(N2CCCC2=O)c1)c1ccccc1. The van der Waals surface area contributed by atoms with Gasteiger partial charge in [-0.1, -0.05) is 43.3 Å². The minimum Gasteiger partial charge on any atom is -0.484 e. The second kappa shape index (κ2) is 8.52. The number of rotatable bonds is 7. The third-order valence-electron chi connectivity index (χ3n) is 4.55. The molecule has 0 bridgehead atoms. The van der Waals surface area contributed by atoms with E-state index in [1.54, 1.807) is 11.0 Å². The van der Waals surface area contributed by atoms with Gasteiger partial charge in [-0.2, -0.15) is 0 Å². The third-order valence-corrected chi connectivity index (χ3v) is 4.55. The largest absolute Gasteiger partial charge is 0.484 e. The molecule has 2 aromatic rings. The van der Waals surface area contributed by atoms with Crippen molar-refractivity contribution in [3.8, 4) is 5.75 Å². The number of hydrogen-bond acceptors (Lipinski definition) is 3. The zero-order valence-corrected chi connectivity index (χ0v) is 15.0. The third kappa shape index (κ3) is 4.63. The van der Waals surface area contributed by atoms with Gasteiger partial charge in [0.05, 0.1) is 0 Å². The van der Waals surface area contributed by atoms with Gasteiger partial charge in [-0.3, -0.25) is 9.59 Å². The molecule has 0 radical (unpaired) electrons. The van der Waals surface area contributed by atoms with Crippen LogP contribution in [0.5, 0.6) is 5.75 Å². The van der Waals surface area contributed by atoms with Crippen LogP contribution in [-0.2, 0) is 9.59 Å². The van der Waals surface area contributed by atoms with Gasteiger partial charge in [0.1, 0.15) is 5.75 Å². The van der Waals surface area contributed by atoms with Gasteiger partial charge in [-0.15, -0.1) is 0 Å². The van der Waals surface area contributed by atoms with Gasteiger partial charge in [0.2, 0.25) is 5.91 Å². The first-order valence-electron chi connectivity index (χ1n) is 8.98. The molecule has 0 saturated carbocycles. The Bertz CT molecular complexity index is 761. The van der Waals surface area contributed by atoms with Crippen molar-refractivity contribution >= 4 is 17.5 Å². The summed E-state index contributed by atoms with van der Waals surface area (Å²) in [6, 6.07) is 17.4. The molecule has 5 nitrogen and oxygen atoms in total. The molecule has 1 fully saturated rings. The van der Waals surface area contributed by atoms with Crippen LogP contribution in [0.15, 0.2) is 54.6 Å². The molecule has 1 saturated heterocycles. The van der Waals surface area contributed by atoms with E-state index in [4.69, 9.17) is 4.74 Å². The number of ether oxygens (including phenoxy) is 1. The number of nitrogens with one attached hydrogen (secondary N) is 1. The minimum absolute atomic E-state index is 0.0427. The average Bonchev–Trinajstić information content (AvgIpc) is 3.11. The van der Waals surface area contributed by atoms with Crippen LogP contribution >= 0.6 is 0 Å². The summed E-state index contributed by atoms with van der Waals surface area (Å²) in [5, 5.41) is 2.90. The fourth-order valence-electron chi connectivity index (χ4n) is 3.03. The smallest absolute Gasteiger partial charge is 0.257 e. The van der Waals surface area contributed by atoms with Crippen molar-refractivity contribution < 1.29 is 14.3 Å². The van der Waals surface area contributed by atoms with Gasteiger partial charge in [0.15, 0.2) is 6.61 Å². The van der Waals surface area contributed by atoms with E-state index in [0.717, 1.165) is 18.7 Å². The average molecular weight is 352 g/mol. The fourth-order valence-corrected chi connectivity index (χ4v) is 3.03. The van der Waals surface area contributed by atoms with E-state index < -0.39 is 0 Å². The summed E-state index contributed by atoms with van der Waals surface area (Å²) in [6.45, 7) is 3.33. The number of nitrogens with zero attached hydrogens (tertiary/aromatic N) is 1. The van der Waals surface area contributed by atoms with E-state index >= 15 is 0 Å². The molecule has 2 amide bonds. The predicted octanol–water partition coefficient (Wildman–Crippen LogP) is 3.11. The Kier molecular flexibility index (Phi) is 5.89. The summed E-state index contributed by atoms with van der Waals surface area (Å²) in [4.78, 5) is 25.6. The minimum atomic E-state index is -0.157. The maximum absolute atomic E-state index is 12.0. The molecule has 26 heavy (non-hydrogen) atoms. The molecule has 1 aliphatic rings. The summed E-state index contributed by atoms with van der Waals surface area (Å²) in [6.07, 6.45) is 1.47. The number of carbonyl (C=O) groups excluding carboxylic acids is 2. The van der Waals surface area contributed by atoms with Crippen molar-refractivity contribution in [3.05, 3.63) is 60.2 Å². The monoisotopic (exact) mass is 352 g/mol. The Morgan fingerprint density at radius 2 is 2.00 bits per heavy atom. The molecule has 1 unspecified atom stereocenters. The summed E-state index contributed by atoms with van der Waals surface area (Å²) in [5.41, 5.74) is 2.01. The Morgan fingerprint density at radius 3 is 2.73 bits per heavy atom. The Labute approximate surface area is 154 Å². The van der Waals surface area contributed by atoms with Crippen molar-refractivity contribution in [3.63, 3.8) is 0 Å². The molecule has 0 aromatic heterocycles. The van der Waals surface area contributed by atoms with Gasteiger partial charge in [-0.05, 0) is 30.0 Å². The zero-order valence-electron chi connectivity index (χ0n) is 15.0. The van der Waals surface area contributed by atoms with Gasteiger partial charge in [0, 0.05) is 31.3 Å². The van der Waals surface area contributed by atoms with Crippen molar-refractivity contribution in [2.75, 3.05) is 24.6 Å². The van der Waals surface area contributed by atoms with Crippen molar-refractivity contribution in [1.82, 2.24) is 5.32 Å². The van der Waals surface area contributed by atoms with Gasteiger partial charge < -0.3 is 15.0 Å². The molecular weight excluding hydrogens is 328 g/mol. The van der Waals surface area contributed by atoms with Gasteiger partial charge in [0.25, 0.3) is 5.91 Å². The van der Waals surface area contributed by atoms with E-state index in [1.165, 1.54) is 5.56 Å². The first-order valence-corrected chi connectivity index (χ1v) is 8.98. The van der Waals surface area contributed by atoms with E-state index in [2.05, 4.69) is 24.4 Å². The van der Waals surface area contributed by atoms with Crippen LogP contribution in [0.2, 0.25) is 0 Å². The lowest BCUT2D eigenvalue weighted by atomic mass is 10.0. The quantitative estimate of drug-likeness (QED) is 0.833. The molecule has 136 valence electrons. The van der Waals surface area contributed by atoms with Crippen molar-refractivity contribution in [2.24, 2.45) is 0 Å². The Hall–Kier alpha value is -2.82. The number of hydrogen-bond donors (Lipinski definition) is 1. The highest BCUT2D eigenvalue weighted by atomic mass is 16.5. The second-order valence-electron chi connectivity index (χ2n) is 6.55. The lowest BCUT2D eigenvalue weighted by Crippen LogP contribution is -2.31. The highest BCUT2D eigenvalue weighted by Gasteiger charge is 2.21. The molecule has 1 atom stereocenters. The molecule has 0 spiro atoms. The number of carbonyl (C=O) groups is 2. The standard InChI is InChI=1S/C21H24N2O3/c1-16(17-7-3-2-4-8-17)14-22-20(24)15-26-19-10-5-9-18(13-19)23-12-6-11-21(23)25/h2-5,7-10,13,16H,6,11-12,14-15H2,1H3,(H,22,24). The molecule has 1 N–H and O–H groups in total. The summed E-state index contributed by atoms with van der Waals surface area (Å²) in [7, 11) is 0. The maximum Gasteiger partial charge on any atom is 0.257 e. The van der Waals surface area contributed by atoms with Crippen LogP contribution in [0.3, 0.4) is 0 Å². The first kappa shape index (κ1) is 18.0. The Morgan fingerprint density at radius 1 is 1.19 bits per heavy atom. The zero-order chi connectivity index (χ0) is 18.4. The van der Waals surface area contributed by atoms with Gasteiger partial charge in [-0.25, -0.2) is 0 Å². The van der Waals surface area contributed by atoms with Crippen LogP contribution in [0.25, 0.3) is 0 Å². The second-order valence-corrected chi connectivity index (χ2v) is 6.55. The predicted molar refractivity (Wildman–Crippen MR) is 101 cm³/mol. The topological polar surface area (TPSA) is 58.6 Å².